The standard InChI is InChI=1S/C16H22N2O2S/c1-4-11(5-2)18-14(19)9-13(16(18)20)21-12-8-6-7-10(3)15(12)17/h6-8,11,13H,4-5,9,17H2,1-3H3. The minimum atomic E-state index is -0.345. The van der Waals surface area contributed by atoms with Gasteiger partial charge in [-0.1, -0.05) is 26.0 Å². The van der Waals surface area contributed by atoms with E-state index in [1.54, 1.807) is 0 Å². The Labute approximate surface area is 130 Å². The van der Waals surface area contributed by atoms with Gasteiger partial charge in [0.25, 0.3) is 0 Å². The number of likely N-dealkylation sites (tertiary alicyclic amines) is 1. The maximum absolute atomic E-state index is 12.5. The highest BCUT2D eigenvalue weighted by molar-refractivity contribution is 8.00. The van der Waals surface area contributed by atoms with Crippen LogP contribution in [-0.2, 0) is 9.59 Å². The average Bonchev–Trinajstić information content (AvgIpc) is 2.73. The smallest absolute Gasteiger partial charge is 0.243 e. The van der Waals surface area contributed by atoms with Crippen LogP contribution in [0, 0.1) is 6.92 Å². The summed E-state index contributed by atoms with van der Waals surface area (Å²) in [7, 11) is 0. The van der Waals surface area contributed by atoms with E-state index < -0.39 is 0 Å². The monoisotopic (exact) mass is 306 g/mol. The van der Waals surface area contributed by atoms with Crippen LogP contribution in [0.4, 0.5) is 5.69 Å². The molecule has 5 heteroatoms. The highest BCUT2D eigenvalue weighted by Crippen LogP contribution is 2.36. The van der Waals surface area contributed by atoms with Crippen LogP contribution in [0.3, 0.4) is 0 Å². The molecular weight excluding hydrogens is 284 g/mol. The van der Waals surface area contributed by atoms with E-state index in [1.807, 2.05) is 39.0 Å². The van der Waals surface area contributed by atoms with Gasteiger partial charge in [0.1, 0.15) is 0 Å². The molecule has 1 unspecified atom stereocenters. The van der Waals surface area contributed by atoms with Crippen LogP contribution < -0.4 is 5.73 Å². The molecule has 1 atom stereocenters. The number of imide groups is 1. The highest BCUT2D eigenvalue weighted by Gasteiger charge is 2.41. The number of nitrogens with zero attached hydrogens (tertiary/aromatic N) is 1. The van der Waals surface area contributed by atoms with Crippen LogP contribution in [0.1, 0.15) is 38.7 Å². The third kappa shape index (κ3) is 3.07. The molecule has 0 saturated carbocycles. The molecule has 2 rings (SSSR count). The van der Waals surface area contributed by atoms with Crippen molar-refractivity contribution in [2.75, 3.05) is 5.73 Å². The first-order chi connectivity index (χ1) is 9.99. The molecule has 21 heavy (non-hydrogen) atoms. The zero-order valence-electron chi connectivity index (χ0n) is 12.8. The van der Waals surface area contributed by atoms with Gasteiger partial charge in [-0.2, -0.15) is 0 Å². The first kappa shape index (κ1) is 15.9. The normalized spacial score (nSPS) is 18.9. The molecule has 1 aliphatic heterocycles. The van der Waals surface area contributed by atoms with Crippen molar-refractivity contribution in [3.05, 3.63) is 23.8 Å². The molecule has 1 saturated heterocycles. The summed E-state index contributed by atoms with van der Waals surface area (Å²) >= 11 is 1.41. The summed E-state index contributed by atoms with van der Waals surface area (Å²) < 4.78 is 0. The minimum absolute atomic E-state index is 0.0189. The molecule has 1 aromatic carbocycles. The Morgan fingerprint density at radius 2 is 2.00 bits per heavy atom. The van der Waals surface area contributed by atoms with Gasteiger partial charge in [0.05, 0.1) is 5.25 Å². The molecule has 2 amide bonds. The second-order valence-corrected chi connectivity index (χ2v) is 6.61. The molecule has 0 radical (unpaired) electrons. The van der Waals surface area contributed by atoms with Crippen molar-refractivity contribution in [3.63, 3.8) is 0 Å². The first-order valence-corrected chi connectivity index (χ1v) is 8.25. The number of rotatable bonds is 5. The number of nitrogen functional groups attached to an aromatic ring is 1. The van der Waals surface area contributed by atoms with E-state index in [1.165, 1.54) is 16.7 Å². The van der Waals surface area contributed by atoms with Gasteiger partial charge >= 0.3 is 0 Å². The summed E-state index contributed by atoms with van der Waals surface area (Å²) in [5.74, 6) is -0.128. The number of carbonyl (C=O) groups is 2. The minimum Gasteiger partial charge on any atom is -0.398 e. The molecule has 114 valence electrons. The van der Waals surface area contributed by atoms with Crippen molar-refractivity contribution in [2.24, 2.45) is 0 Å². The Kier molecular flexibility index (Phi) is 4.93. The summed E-state index contributed by atoms with van der Waals surface area (Å²) in [6.45, 7) is 5.96. The van der Waals surface area contributed by atoms with E-state index >= 15 is 0 Å². The Morgan fingerprint density at radius 3 is 2.62 bits per heavy atom. The fraction of sp³-hybridized carbons (Fsp3) is 0.500. The molecule has 2 N–H and O–H groups in total. The summed E-state index contributed by atoms with van der Waals surface area (Å²) in [4.78, 5) is 27.0. The number of para-hydroxylation sites is 1. The summed E-state index contributed by atoms with van der Waals surface area (Å²) in [6, 6.07) is 5.79. The van der Waals surface area contributed by atoms with Crippen molar-refractivity contribution in [2.45, 2.75) is 56.2 Å². The summed E-state index contributed by atoms with van der Waals surface area (Å²) in [6.07, 6.45) is 1.88. The van der Waals surface area contributed by atoms with E-state index in [2.05, 4.69) is 0 Å². The lowest BCUT2D eigenvalue weighted by Crippen LogP contribution is -2.40. The van der Waals surface area contributed by atoms with E-state index in [4.69, 9.17) is 5.73 Å². The van der Waals surface area contributed by atoms with E-state index in [-0.39, 0.29) is 29.5 Å². The van der Waals surface area contributed by atoms with Gasteiger partial charge < -0.3 is 5.73 Å². The molecule has 1 fully saturated rings. The van der Waals surface area contributed by atoms with Crippen molar-refractivity contribution in [1.29, 1.82) is 0 Å². The van der Waals surface area contributed by atoms with E-state index in [0.29, 0.717) is 5.69 Å². The zero-order valence-corrected chi connectivity index (χ0v) is 13.6. The molecule has 0 bridgehead atoms. The predicted octanol–water partition coefficient (Wildman–Crippen LogP) is 2.99. The fourth-order valence-corrected chi connectivity index (χ4v) is 3.85. The topological polar surface area (TPSA) is 63.4 Å². The molecule has 0 spiro atoms. The molecular formula is C16H22N2O2S. The lowest BCUT2D eigenvalue weighted by Gasteiger charge is -2.24. The van der Waals surface area contributed by atoms with Gasteiger partial charge in [-0.25, -0.2) is 0 Å². The van der Waals surface area contributed by atoms with Crippen LogP contribution in [0.5, 0.6) is 0 Å². The van der Waals surface area contributed by atoms with Crippen molar-refractivity contribution >= 4 is 29.3 Å². The Hall–Kier alpha value is -1.49. The predicted molar refractivity (Wildman–Crippen MR) is 86.1 cm³/mol. The molecule has 4 nitrogen and oxygen atoms in total. The van der Waals surface area contributed by atoms with Gasteiger partial charge in [0.2, 0.25) is 11.8 Å². The molecule has 0 aromatic heterocycles. The molecule has 1 aromatic rings. The zero-order chi connectivity index (χ0) is 15.6. The van der Waals surface area contributed by atoms with Crippen LogP contribution in [0.15, 0.2) is 23.1 Å². The third-order valence-corrected chi connectivity index (χ3v) is 5.27. The lowest BCUT2D eigenvalue weighted by atomic mass is 10.1. The summed E-state index contributed by atoms with van der Waals surface area (Å²) in [5.41, 5.74) is 7.75. The van der Waals surface area contributed by atoms with Crippen LogP contribution in [0.25, 0.3) is 0 Å². The Bertz CT molecular complexity index is 555. The number of anilines is 1. The van der Waals surface area contributed by atoms with Gasteiger partial charge in [-0.15, -0.1) is 11.8 Å². The van der Waals surface area contributed by atoms with Crippen LogP contribution in [-0.4, -0.2) is 28.0 Å². The Morgan fingerprint density at radius 1 is 1.33 bits per heavy atom. The van der Waals surface area contributed by atoms with Crippen molar-refractivity contribution in [1.82, 2.24) is 4.90 Å². The van der Waals surface area contributed by atoms with Gasteiger partial charge in [-0.3, -0.25) is 14.5 Å². The van der Waals surface area contributed by atoms with Gasteiger partial charge in [0, 0.05) is 23.0 Å². The van der Waals surface area contributed by atoms with Gasteiger partial charge in [0.15, 0.2) is 0 Å². The number of aryl methyl sites for hydroxylation is 1. The number of nitrogens with two attached hydrogens (primary N) is 1. The summed E-state index contributed by atoms with van der Waals surface area (Å²) in [5, 5.41) is -0.345. The van der Waals surface area contributed by atoms with Gasteiger partial charge in [-0.05, 0) is 31.4 Å². The maximum atomic E-state index is 12.5. The van der Waals surface area contributed by atoms with Crippen molar-refractivity contribution in [3.8, 4) is 0 Å². The van der Waals surface area contributed by atoms with E-state index in [9.17, 15) is 9.59 Å². The molecule has 0 aliphatic carbocycles. The Balaban J connectivity index is 2.18. The van der Waals surface area contributed by atoms with Crippen molar-refractivity contribution < 1.29 is 9.59 Å². The molecule has 1 aliphatic rings. The number of hydrogen-bond donors (Lipinski definition) is 1. The van der Waals surface area contributed by atoms with Crippen LogP contribution in [0.2, 0.25) is 0 Å². The fourth-order valence-electron chi connectivity index (χ4n) is 2.66. The quantitative estimate of drug-likeness (QED) is 0.671. The SMILES string of the molecule is CCC(CC)N1C(=O)CC(Sc2cccc(C)c2N)C1=O. The number of hydrogen-bond acceptors (Lipinski definition) is 4. The number of amides is 2. The maximum Gasteiger partial charge on any atom is 0.243 e. The second kappa shape index (κ2) is 6.52. The third-order valence-electron chi connectivity index (χ3n) is 4.00. The number of benzene rings is 1. The lowest BCUT2D eigenvalue weighted by molar-refractivity contribution is -0.141. The second-order valence-electron chi connectivity index (χ2n) is 5.37. The van der Waals surface area contributed by atoms with Crippen LogP contribution >= 0.6 is 11.8 Å². The number of carbonyl (C=O) groups excluding carboxylic acids is 2. The number of thioether (sulfide) groups is 1. The molecule has 1 heterocycles. The average molecular weight is 306 g/mol. The largest absolute Gasteiger partial charge is 0.398 e. The highest BCUT2D eigenvalue weighted by atomic mass is 32.2. The van der Waals surface area contributed by atoms with E-state index in [0.717, 1.165) is 23.3 Å². The first-order valence-electron chi connectivity index (χ1n) is 7.37.